The SMILES string of the molecule is O=C(Nc1cc(-c2cccnc2)[nH]n1)c1ccc([N+](=O)[O-])c(Cl)c1. The van der Waals surface area contributed by atoms with Gasteiger partial charge in [0.1, 0.15) is 5.02 Å². The molecule has 0 unspecified atom stereocenters. The summed E-state index contributed by atoms with van der Waals surface area (Å²) in [5, 5.41) is 20.0. The minimum atomic E-state index is -0.613. The van der Waals surface area contributed by atoms with Crippen LogP contribution in [0.2, 0.25) is 5.02 Å². The summed E-state index contributed by atoms with van der Waals surface area (Å²) < 4.78 is 0. The van der Waals surface area contributed by atoms with Gasteiger partial charge in [-0.1, -0.05) is 11.6 Å². The van der Waals surface area contributed by atoms with Crippen molar-refractivity contribution in [1.82, 2.24) is 15.2 Å². The molecule has 0 aliphatic rings. The van der Waals surface area contributed by atoms with Crippen LogP contribution in [0.15, 0.2) is 48.8 Å². The fourth-order valence-electron chi connectivity index (χ4n) is 2.04. The fourth-order valence-corrected chi connectivity index (χ4v) is 2.29. The first-order chi connectivity index (χ1) is 11.5. The van der Waals surface area contributed by atoms with E-state index in [1.165, 1.54) is 18.2 Å². The smallest absolute Gasteiger partial charge is 0.287 e. The highest BCUT2D eigenvalue weighted by Gasteiger charge is 2.16. The molecule has 0 bridgehead atoms. The van der Waals surface area contributed by atoms with Crippen molar-refractivity contribution >= 4 is 29.0 Å². The van der Waals surface area contributed by atoms with E-state index in [1.54, 1.807) is 24.5 Å². The van der Waals surface area contributed by atoms with Crippen molar-refractivity contribution in [1.29, 1.82) is 0 Å². The topological polar surface area (TPSA) is 114 Å². The lowest BCUT2D eigenvalue weighted by molar-refractivity contribution is -0.384. The number of aromatic nitrogens is 3. The summed E-state index contributed by atoms with van der Waals surface area (Å²) in [5.41, 5.74) is 1.45. The fraction of sp³-hybridized carbons (Fsp3) is 0. The number of nitro groups is 1. The van der Waals surface area contributed by atoms with Crippen molar-refractivity contribution in [2.45, 2.75) is 0 Å². The van der Waals surface area contributed by atoms with E-state index in [2.05, 4.69) is 20.5 Å². The van der Waals surface area contributed by atoms with Crippen LogP contribution < -0.4 is 5.32 Å². The Morgan fingerprint density at radius 2 is 2.12 bits per heavy atom. The van der Waals surface area contributed by atoms with Gasteiger partial charge >= 0.3 is 0 Å². The normalized spacial score (nSPS) is 10.4. The average molecular weight is 344 g/mol. The standard InChI is InChI=1S/C15H10ClN5O3/c16-11-6-9(3-4-13(11)21(23)24)15(22)18-14-7-12(19-20-14)10-2-1-5-17-8-10/h1-8H,(H2,18,19,20,22). The quantitative estimate of drug-likeness (QED) is 0.557. The van der Waals surface area contributed by atoms with Gasteiger partial charge in [-0.15, -0.1) is 0 Å². The van der Waals surface area contributed by atoms with E-state index in [0.717, 1.165) is 5.56 Å². The first-order valence-corrected chi connectivity index (χ1v) is 7.13. The second kappa shape index (κ2) is 6.47. The van der Waals surface area contributed by atoms with Crippen molar-refractivity contribution < 1.29 is 9.72 Å². The summed E-state index contributed by atoms with van der Waals surface area (Å²) in [4.78, 5) is 26.3. The van der Waals surface area contributed by atoms with E-state index in [0.29, 0.717) is 11.5 Å². The number of nitro benzene ring substituents is 1. The number of carbonyl (C=O) groups excluding carboxylic acids is 1. The van der Waals surface area contributed by atoms with Gasteiger partial charge in [-0.25, -0.2) is 0 Å². The molecule has 0 aliphatic carbocycles. The van der Waals surface area contributed by atoms with E-state index in [9.17, 15) is 14.9 Å². The maximum atomic E-state index is 12.2. The molecule has 0 atom stereocenters. The van der Waals surface area contributed by atoms with Gasteiger partial charge in [0.2, 0.25) is 0 Å². The number of rotatable bonds is 4. The molecular formula is C15H10ClN5O3. The molecule has 3 aromatic rings. The number of amides is 1. The van der Waals surface area contributed by atoms with Gasteiger partial charge in [0, 0.05) is 35.7 Å². The van der Waals surface area contributed by atoms with Gasteiger partial charge < -0.3 is 5.32 Å². The number of nitrogens with one attached hydrogen (secondary N) is 2. The number of anilines is 1. The third kappa shape index (κ3) is 3.23. The van der Waals surface area contributed by atoms with E-state index >= 15 is 0 Å². The van der Waals surface area contributed by atoms with Crippen LogP contribution in [0.4, 0.5) is 11.5 Å². The molecule has 24 heavy (non-hydrogen) atoms. The predicted octanol–water partition coefficient (Wildman–Crippen LogP) is 3.29. The van der Waals surface area contributed by atoms with Crippen LogP contribution in [-0.4, -0.2) is 26.0 Å². The lowest BCUT2D eigenvalue weighted by Crippen LogP contribution is -2.12. The Morgan fingerprint density at radius 1 is 1.29 bits per heavy atom. The third-order valence-electron chi connectivity index (χ3n) is 3.20. The zero-order valence-corrected chi connectivity index (χ0v) is 12.8. The number of nitrogens with zero attached hydrogens (tertiary/aromatic N) is 3. The Bertz CT molecular complexity index is 910. The average Bonchev–Trinajstić information content (AvgIpc) is 3.03. The van der Waals surface area contributed by atoms with Crippen LogP contribution >= 0.6 is 11.6 Å². The minimum absolute atomic E-state index is 0.106. The molecule has 0 saturated carbocycles. The van der Waals surface area contributed by atoms with Crippen LogP contribution in [0.25, 0.3) is 11.3 Å². The maximum Gasteiger partial charge on any atom is 0.287 e. The highest BCUT2D eigenvalue weighted by atomic mass is 35.5. The molecule has 0 radical (unpaired) electrons. The largest absolute Gasteiger partial charge is 0.305 e. The second-order valence-electron chi connectivity index (χ2n) is 4.79. The van der Waals surface area contributed by atoms with Crippen LogP contribution in [0, 0.1) is 10.1 Å². The molecule has 2 N–H and O–H groups in total. The summed E-state index contributed by atoms with van der Waals surface area (Å²) in [5.74, 6) is -0.163. The summed E-state index contributed by atoms with van der Waals surface area (Å²) in [6.45, 7) is 0. The Kier molecular flexibility index (Phi) is 4.21. The van der Waals surface area contributed by atoms with Gasteiger partial charge in [0.05, 0.1) is 10.6 Å². The molecule has 9 heteroatoms. The van der Waals surface area contributed by atoms with E-state index in [1.807, 2.05) is 6.07 Å². The zero-order valence-electron chi connectivity index (χ0n) is 12.1. The summed E-state index contributed by atoms with van der Waals surface area (Å²) >= 11 is 5.81. The van der Waals surface area contributed by atoms with Gasteiger partial charge in [-0.05, 0) is 24.3 Å². The first-order valence-electron chi connectivity index (χ1n) is 6.75. The highest BCUT2D eigenvalue weighted by molar-refractivity contribution is 6.33. The molecular weight excluding hydrogens is 334 g/mol. The van der Waals surface area contributed by atoms with Crippen LogP contribution in [0.1, 0.15) is 10.4 Å². The zero-order chi connectivity index (χ0) is 17.1. The molecule has 8 nitrogen and oxygen atoms in total. The number of halogens is 1. The number of benzene rings is 1. The van der Waals surface area contributed by atoms with Crippen molar-refractivity contribution in [3.05, 3.63) is 69.5 Å². The number of pyridine rings is 1. The molecule has 2 heterocycles. The lowest BCUT2D eigenvalue weighted by Gasteiger charge is -2.02. The number of H-pyrrole nitrogens is 1. The number of carbonyl (C=O) groups is 1. The Morgan fingerprint density at radius 3 is 2.79 bits per heavy atom. The molecule has 2 aromatic heterocycles. The Balaban J connectivity index is 1.77. The highest BCUT2D eigenvalue weighted by Crippen LogP contribution is 2.25. The van der Waals surface area contributed by atoms with E-state index < -0.39 is 10.8 Å². The minimum Gasteiger partial charge on any atom is -0.305 e. The molecule has 0 saturated heterocycles. The van der Waals surface area contributed by atoms with E-state index in [-0.39, 0.29) is 16.3 Å². The summed E-state index contributed by atoms with van der Waals surface area (Å²) in [6.07, 6.45) is 3.32. The maximum absolute atomic E-state index is 12.2. The molecule has 3 rings (SSSR count). The van der Waals surface area contributed by atoms with Gasteiger partial charge in [-0.2, -0.15) is 5.10 Å². The Hall–Kier alpha value is -3.26. The monoisotopic (exact) mass is 343 g/mol. The van der Waals surface area contributed by atoms with Crippen molar-refractivity contribution in [3.8, 4) is 11.3 Å². The summed E-state index contributed by atoms with van der Waals surface area (Å²) in [6, 6.07) is 9.04. The van der Waals surface area contributed by atoms with Crippen molar-refractivity contribution in [2.24, 2.45) is 0 Å². The molecule has 1 aromatic carbocycles. The lowest BCUT2D eigenvalue weighted by atomic mass is 10.2. The van der Waals surface area contributed by atoms with Gasteiger partial charge in [-0.3, -0.25) is 25.0 Å². The van der Waals surface area contributed by atoms with Crippen LogP contribution in [0.3, 0.4) is 0 Å². The van der Waals surface area contributed by atoms with Crippen molar-refractivity contribution in [2.75, 3.05) is 5.32 Å². The number of aromatic amines is 1. The van der Waals surface area contributed by atoms with Gasteiger partial charge in [0.25, 0.3) is 11.6 Å². The number of hydrogen-bond donors (Lipinski definition) is 2. The van der Waals surface area contributed by atoms with Crippen LogP contribution in [-0.2, 0) is 0 Å². The predicted molar refractivity (Wildman–Crippen MR) is 87.9 cm³/mol. The first kappa shape index (κ1) is 15.6. The third-order valence-corrected chi connectivity index (χ3v) is 3.50. The second-order valence-corrected chi connectivity index (χ2v) is 5.19. The Labute approximate surface area is 140 Å². The number of hydrogen-bond acceptors (Lipinski definition) is 5. The summed E-state index contributed by atoms with van der Waals surface area (Å²) in [7, 11) is 0. The van der Waals surface area contributed by atoms with Crippen molar-refractivity contribution in [3.63, 3.8) is 0 Å². The molecule has 0 spiro atoms. The molecule has 1 amide bonds. The van der Waals surface area contributed by atoms with Gasteiger partial charge in [0.15, 0.2) is 5.82 Å². The molecule has 0 aliphatic heterocycles. The molecule has 120 valence electrons. The van der Waals surface area contributed by atoms with E-state index in [4.69, 9.17) is 11.6 Å². The van der Waals surface area contributed by atoms with Crippen LogP contribution in [0.5, 0.6) is 0 Å². The molecule has 0 fully saturated rings.